The van der Waals surface area contributed by atoms with Crippen molar-refractivity contribution in [1.82, 2.24) is 5.43 Å². The van der Waals surface area contributed by atoms with Crippen LogP contribution in [0.25, 0.3) is 0 Å². The van der Waals surface area contributed by atoms with Gasteiger partial charge < -0.3 is 10.1 Å². The van der Waals surface area contributed by atoms with Crippen molar-refractivity contribution in [2.45, 2.75) is 20.8 Å². The molecule has 2 aromatic carbocycles. The lowest BCUT2D eigenvalue weighted by molar-refractivity contribution is -0.118. The van der Waals surface area contributed by atoms with E-state index in [9.17, 15) is 9.59 Å². The summed E-state index contributed by atoms with van der Waals surface area (Å²) in [6.07, 6.45) is 0. The molecule has 160 valence electrons. The summed E-state index contributed by atoms with van der Waals surface area (Å²) in [6.45, 7) is 5.40. The third kappa shape index (κ3) is 6.16. The second-order valence-electron chi connectivity index (χ2n) is 6.90. The first-order valence-electron chi connectivity index (χ1n) is 9.51. The maximum absolute atomic E-state index is 12.3. The summed E-state index contributed by atoms with van der Waals surface area (Å²) < 4.78 is 5.57. The largest absolute Gasteiger partial charge is 0.483 e. The van der Waals surface area contributed by atoms with Crippen LogP contribution in [0.3, 0.4) is 0 Å². The SMILES string of the molecule is C/C(=N\NC(=O)c1sccc1C)c1cccc(NC(=O)COc2ccc(Cl)cc2C)c1. The zero-order valence-electron chi connectivity index (χ0n) is 17.4. The third-order valence-corrected chi connectivity index (χ3v) is 5.70. The van der Waals surface area contributed by atoms with Gasteiger partial charge in [-0.2, -0.15) is 5.10 Å². The molecular formula is C23H22ClN3O3S. The number of anilines is 1. The van der Waals surface area contributed by atoms with E-state index in [-0.39, 0.29) is 18.4 Å². The highest BCUT2D eigenvalue weighted by Gasteiger charge is 2.10. The van der Waals surface area contributed by atoms with Crippen LogP contribution in [-0.4, -0.2) is 24.1 Å². The first-order chi connectivity index (χ1) is 14.8. The number of ether oxygens (including phenoxy) is 1. The second-order valence-corrected chi connectivity index (χ2v) is 8.25. The van der Waals surface area contributed by atoms with E-state index in [1.807, 2.05) is 31.4 Å². The van der Waals surface area contributed by atoms with Gasteiger partial charge in [-0.25, -0.2) is 5.43 Å². The fourth-order valence-corrected chi connectivity index (χ4v) is 3.83. The summed E-state index contributed by atoms with van der Waals surface area (Å²) in [5.41, 5.74) is 6.34. The molecule has 0 aliphatic heterocycles. The van der Waals surface area contributed by atoms with Crippen LogP contribution in [0.4, 0.5) is 5.69 Å². The Morgan fingerprint density at radius 2 is 1.90 bits per heavy atom. The standard InChI is InChI=1S/C23H22ClN3O3S/c1-14-9-10-31-22(14)23(29)27-26-16(3)17-5-4-6-19(12-17)25-21(28)13-30-20-8-7-18(24)11-15(20)2/h4-12H,13H2,1-3H3,(H,25,28)(H,27,29)/b26-16+. The minimum Gasteiger partial charge on any atom is -0.483 e. The number of hydrazone groups is 1. The minimum absolute atomic E-state index is 0.129. The molecule has 8 heteroatoms. The van der Waals surface area contributed by atoms with Gasteiger partial charge in [-0.15, -0.1) is 11.3 Å². The Bertz CT molecular complexity index is 1140. The average molecular weight is 456 g/mol. The summed E-state index contributed by atoms with van der Waals surface area (Å²) in [5, 5.41) is 9.46. The lowest BCUT2D eigenvalue weighted by Gasteiger charge is -2.10. The van der Waals surface area contributed by atoms with Gasteiger partial charge in [0.15, 0.2) is 6.61 Å². The van der Waals surface area contributed by atoms with Gasteiger partial charge in [0.05, 0.1) is 10.6 Å². The topological polar surface area (TPSA) is 79.8 Å². The minimum atomic E-state index is -0.289. The number of carbonyl (C=O) groups excluding carboxylic acids is 2. The second kappa shape index (κ2) is 10.2. The third-order valence-electron chi connectivity index (χ3n) is 4.45. The molecule has 0 aliphatic carbocycles. The summed E-state index contributed by atoms with van der Waals surface area (Å²) in [6, 6.07) is 14.3. The molecule has 6 nitrogen and oxygen atoms in total. The summed E-state index contributed by atoms with van der Waals surface area (Å²) in [7, 11) is 0. The Morgan fingerprint density at radius 1 is 1.10 bits per heavy atom. The van der Waals surface area contributed by atoms with Gasteiger partial charge in [0.1, 0.15) is 5.75 Å². The van der Waals surface area contributed by atoms with Gasteiger partial charge in [0.2, 0.25) is 0 Å². The molecule has 3 rings (SSSR count). The van der Waals surface area contributed by atoms with Crippen LogP contribution in [-0.2, 0) is 4.79 Å². The first-order valence-corrected chi connectivity index (χ1v) is 10.8. The predicted molar refractivity (Wildman–Crippen MR) is 125 cm³/mol. The molecule has 0 radical (unpaired) electrons. The van der Waals surface area contributed by atoms with E-state index in [0.717, 1.165) is 16.7 Å². The van der Waals surface area contributed by atoms with E-state index in [1.165, 1.54) is 11.3 Å². The van der Waals surface area contributed by atoms with Crippen molar-refractivity contribution in [2.75, 3.05) is 11.9 Å². The molecule has 2 N–H and O–H groups in total. The zero-order chi connectivity index (χ0) is 22.4. The van der Waals surface area contributed by atoms with Crippen molar-refractivity contribution in [1.29, 1.82) is 0 Å². The van der Waals surface area contributed by atoms with Crippen LogP contribution in [0, 0.1) is 13.8 Å². The number of benzene rings is 2. The molecule has 0 fully saturated rings. The number of amides is 2. The van der Waals surface area contributed by atoms with Crippen LogP contribution < -0.4 is 15.5 Å². The predicted octanol–water partition coefficient (Wildman–Crippen LogP) is 5.19. The average Bonchev–Trinajstić information content (AvgIpc) is 3.17. The highest BCUT2D eigenvalue weighted by molar-refractivity contribution is 7.12. The number of nitrogens with zero attached hydrogens (tertiary/aromatic N) is 1. The van der Waals surface area contributed by atoms with E-state index in [4.69, 9.17) is 16.3 Å². The number of carbonyl (C=O) groups is 2. The van der Waals surface area contributed by atoms with E-state index in [0.29, 0.717) is 27.0 Å². The molecular weight excluding hydrogens is 434 g/mol. The van der Waals surface area contributed by atoms with E-state index >= 15 is 0 Å². The summed E-state index contributed by atoms with van der Waals surface area (Å²) >= 11 is 7.30. The molecule has 31 heavy (non-hydrogen) atoms. The summed E-state index contributed by atoms with van der Waals surface area (Å²) in [5.74, 6) is 0.0708. The Morgan fingerprint density at radius 3 is 2.61 bits per heavy atom. The maximum Gasteiger partial charge on any atom is 0.281 e. The fourth-order valence-electron chi connectivity index (χ4n) is 2.79. The highest BCUT2D eigenvalue weighted by Crippen LogP contribution is 2.22. The normalized spacial score (nSPS) is 11.2. The first kappa shape index (κ1) is 22.5. The smallest absolute Gasteiger partial charge is 0.281 e. The lowest BCUT2D eigenvalue weighted by Crippen LogP contribution is -2.21. The highest BCUT2D eigenvalue weighted by atomic mass is 35.5. The molecule has 0 saturated heterocycles. The van der Waals surface area contributed by atoms with Crippen LogP contribution >= 0.6 is 22.9 Å². The van der Waals surface area contributed by atoms with Crippen molar-refractivity contribution in [3.63, 3.8) is 0 Å². The Balaban J connectivity index is 1.59. The van der Waals surface area contributed by atoms with Gasteiger partial charge in [-0.3, -0.25) is 9.59 Å². The quantitative estimate of drug-likeness (QED) is 0.380. The van der Waals surface area contributed by atoms with Gasteiger partial charge in [-0.1, -0.05) is 23.7 Å². The number of hydrogen-bond donors (Lipinski definition) is 2. The van der Waals surface area contributed by atoms with E-state index < -0.39 is 0 Å². The monoisotopic (exact) mass is 455 g/mol. The van der Waals surface area contributed by atoms with Gasteiger partial charge in [0, 0.05) is 10.7 Å². The van der Waals surface area contributed by atoms with Crippen molar-refractivity contribution >= 4 is 46.2 Å². The molecule has 3 aromatic rings. The van der Waals surface area contributed by atoms with Crippen molar-refractivity contribution in [2.24, 2.45) is 5.10 Å². The van der Waals surface area contributed by atoms with Crippen molar-refractivity contribution in [3.8, 4) is 5.75 Å². The number of nitrogens with one attached hydrogen (secondary N) is 2. The Hall–Kier alpha value is -3.16. The zero-order valence-corrected chi connectivity index (χ0v) is 18.9. The number of rotatable bonds is 7. The molecule has 0 saturated carbocycles. The molecule has 1 heterocycles. The van der Waals surface area contributed by atoms with Crippen LogP contribution in [0.5, 0.6) is 5.75 Å². The van der Waals surface area contributed by atoms with Crippen LogP contribution in [0.15, 0.2) is 59.0 Å². The maximum atomic E-state index is 12.3. The van der Waals surface area contributed by atoms with Crippen LogP contribution in [0.2, 0.25) is 5.02 Å². The van der Waals surface area contributed by atoms with Crippen molar-refractivity contribution in [3.05, 3.63) is 80.5 Å². The van der Waals surface area contributed by atoms with Gasteiger partial charge in [0.25, 0.3) is 11.8 Å². The lowest BCUT2D eigenvalue weighted by atomic mass is 10.1. The van der Waals surface area contributed by atoms with E-state index in [2.05, 4.69) is 15.8 Å². The van der Waals surface area contributed by atoms with E-state index in [1.54, 1.807) is 43.3 Å². The van der Waals surface area contributed by atoms with Crippen LogP contribution in [0.1, 0.15) is 33.3 Å². The Kier molecular flexibility index (Phi) is 7.44. The molecule has 1 aromatic heterocycles. The number of thiophene rings is 1. The number of halogens is 1. The van der Waals surface area contributed by atoms with Crippen molar-refractivity contribution < 1.29 is 14.3 Å². The molecule has 0 unspecified atom stereocenters. The fraction of sp³-hybridized carbons (Fsp3) is 0.174. The molecule has 2 amide bonds. The molecule has 0 spiro atoms. The van der Waals surface area contributed by atoms with Gasteiger partial charge >= 0.3 is 0 Å². The number of aryl methyl sites for hydroxylation is 2. The van der Waals surface area contributed by atoms with Gasteiger partial charge in [-0.05, 0) is 79.2 Å². The molecule has 0 atom stereocenters. The number of hydrogen-bond acceptors (Lipinski definition) is 5. The summed E-state index contributed by atoms with van der Waals surface area (Å²) in [4.78, 5) is 25.1. The molecule has 0 bridgehead atoms. The Labute approximate surface area is 189 Å². The molecule has 0 aliphatic rings.